The summed E-state index contributed by atoms with van der Waals surface area (Å²) in [5.41, 5.74) is 0.889. The summed E-state index contributed by atoms with van der Waals surface area (Å²) in [7, 11) is 3.47. The number of fused-ring (bicyclic) bond motifs is 1. The van der Waals surface area contributed by atoms with Crippen molar-refractivity contribution in [1.29, 1.82) is 0 Å². The molecule has 1 aromatic heterocycles. The quantitative estimate of drug-likeness (QED) is 0.840. The summed E-state index contributed by atoms with van der Waals surface area (Å²) in [5, 5.41) is 3.19. The number of nitrogens with one attached hydrogen (secondary N) is 1. The van der Waals surface area contributed by atoms with Crippen molar-refractivity contribution in [3.05, 3.63) is 12.3 Å². The predicted molar refractivity (Wildman–Crippen MR) is 73.4 cm³/mol. The van der Waals surface area contributed by atoms with Crippen LogP contribution in [0.2, 0.25) is 0 Å². The average molecular weight is 267 g/mol. The fourth-order valence-corrected chi connectivity index (χ4v) is 2.75. The maximum atomic E-state index is 11.7. The van der Waals surface area contributed by atoms with Crippen molar-refractivity contribution in [2.45, 2.75) is 11.3 Å². The number of carbonyl (C=O) groups excluding carboxylic acids is 1. The lowest BCUT2D eigenvalue weighted by Crippen LogP contribution is -2.25. The Morgan fingerprint density at radius 2 is 2.44 bits per heavy atom. The van der Waals surface area contributed by atoms with E-state index < -0.39 is 0 Å². The molecular formula is C12H17N3O2S. The maximum absolute atomic E-state index is 11.7. The first-order valence-electron chi connectivity index (χ1n) is 5.84. The van der Waals surface area contributed by atoms with Crippen LogP contribution in [0.5, 0.6) is 0 Å². The van der Waals surface area contributed by atoms with Crippen LogP contribution < -0.4 is 10.2 Å². The second kappa shape index (κ2) is 6.06. The first-order chi connectivity index (χ1) is 8.72. The Balaban J connectivity index is 2.15. The molecule has 0 fully saturated rings. The number of methoxy groups -OCH3 is 1. The SMILES string of the molecule is COCCNc1cc2c(cn1)N(C)C(=O)CCS2. The van der Waals surface area contributed by atoms with E-state index in [9.17, 15) is 4.79 Å². The van der Waals surface area contributed by atoms with Gasteiger partial charge >= 0.3 is 0 Å². The lowest BCUT2D eigenvalue weighted by molar-refractivity contribution is -0.117. The van der Waals surface area contributed by atoms with Crippen LogP contribution in [-0.4, -0.2) is 44.0 Å². The Morgan fingerprint density at radius 1 is 1.61 bits per heavy atom. The topological polar surface area (TPSA) is 54.5 Å². The zero-order valence-electron chi connectivity index (χ0n) is 10.6. The minimum absolute atomic E-state index is 0.142. The van der Waals surface area contributed by atoms with Crippen LogP contribution in [0, 0.1) is 0 Å². The van der Waals surface area contributed by atoms with Gasteiger partial charge in [0.25, 0.3) is 0 Å². The third kappa shape index (κ3) is 2.94. The highest BCUT2D eigenvalue weighted by Crippen LogP contribution is 2.34. The molecule has 0 bridgehead atoms. The van der Waals surface area contributed by atoms with E-state index in [2.05, 4.69) is 10.3 Å². The third-order valence-corrected chi connectivity index (χ3v) is 3.81. The molecular weight excluding hydrogens is 250 g/mol. The summed E-state index contributed by atoms with van der Waals surface area (Å²) in [6.07, 6.45) is 2.32. The fourth-order valence-electron chi connectivity index (χ4n) is 1.73. The molecule has 2 heterocycles. The highest BCUT2D eigenvalue weighted by molar-refractivity contribution is 7.99. The summed E-state index contributed by atoms with van der Waals surface area (Å²) >= 11 is 1.70. The van der Waals surface area contributed by atoms with E-state index in [1.54, 1.807) is 37.0 Å². The van der Waals surface area contributed by atoms with Gasteiger partial charge in [0.05, 0.1) is 18.5 Å². The normalized spacial score (nSPS) is 15.2. The molecule has 0 atom stereocenters. The number of carbonyl (C=O) groups is 1. The molecule has 1 N–H and O–H groups in total. The largest absolute Gasteiger partial charge is 0.383 e. The molecule has 5 nitrogen and oxygen atoms in total. The Morgan fingerprint density at radius 3 is 3.22 bits per heavy atom. The number of pyridine rings is 1. The smallest absolute Gasteiger partial charge is 0.227 e. The van der Waals surface area contributed by atoms with Gasteiger partial charge in [0.1, 0.15) is 5.82 Å². The van der Waals surface area contributed by atoms with Crippen LogP contribution in [0.15, 0.2) is 17.2 Å². The van der Waals surface area contributed by atoms with Gasteiger partial charge in [0.15, 0.2) is 0 Å². The molecule has 0 spiro atoms. The number of thioether (sulfide) groups is 1. The van der Waals surface area contributed by atoms with Crippen LogP contribution >= 0.6 is 11.8 Å². The molecule has 1 aliphatic heterocycles. The Labute approximate surface area is 111 Å². The summed E-state index contributed by atoms with van der Waals surface area (Å²) in [6, 6.07) is 1.99. The van der Waals surface area contributed by atoms with Crippen molar-refractivity contribution in [1.82, 2.24) is 4.98 Å². The predicted octanol–water partition coefficient (Wildman–Crippen LogP) is 1.60. The van der Waals surface area contributed by atoms with Crippen molar-refractivity contribution in [2.75, 3.05) is 43.3 Å². The van der Waals surface area contributed by atoms with E-state index in [0.29, 0.717) is 13.0 Å². The van der Waals surface area contributed by atoms with E-state index in [-0.39, 0.29) is 5.91 Å². The second-order valence-corrected chi connectivity index (χ2v) is 5.14. The second-order valence-electron chi connectivity index (χ2n) is 4.01. The summed E-state index contributed by atoms with van der Waals surface area (Å²) in [6.45, 7) is 1.37. The molecule has 18 heavy (non-hydrogen) atoms. The molecule has 1 aliphatic rings. The summed E-state index contributed by atoms with van der Waals surface area (Å²) in [5.74, 6) is 1.78. The minimum Gasteiger partial charge on any atom is -0.383 e. The molecule has 0 saturated carbocycles. The molecule has 0 aliphatic carbocycles. The number of hydrogen-bond acceptors (Lipinski definition) is 5. The van der Waals surface area contributed by atoms with E-state index in [1.165, 1.54) is 0 Å². The highest BCUT2D eigenvalue weighted by Gasteiger charge is 2.19. The Hall–Kier alpha value is -1.27. The minimum atomic E-state index is 0.142. The van der Waals surface area contributed by atoms with Gasteiger partial charge in [-0.2, -0.15) is 0 Å². The molecule has 98 valence electrons. The van der Waals surface area contributed by atoms with Gasteiger partial charge in [0.2, 0.25) is 5.91 Å². The standard InChI is InChI=1S/C12H17N3O2S/c1-15-9-8-14-11(13-4-5-17-2)7-10(9)18-6-3-12(15)16/h7-8H,3-6H2,1-2H3,(H,13,14). The van der Waals surface area contributed by atoms with E-state index in [4.69, 9.17) is 4.74 Å². The lowest BCUT2D eigenvalue weighted by atomic mass is 10.3. The van der Waals surface area contributed by atoms with Crippen LogP contribution in [0.4, 0.5) is 11.5 Å². The molecule has 1 aromatic rings. The first kappa shape index (κ1) is 13.2. The number of anilines is 2. The van der Waals surface area contributed by atoms with Crippen molar-refractivity contribution in [3.63, 3.8) is 0 Å². The Bertz CT molecular complexity index is 439. The zero-order chi connectivity index (χ0) is 13.0. The van der Waals surface area contributed by atoms with Gasteiger partial charge in [-0.15, -0.1) is 11.8 Å². The van der Waals surface area contributed by atoms with Crippen molar-refractivity contribution < 1.29 is 9.53 Å². The van der Waals surface area contributed by atoms with Crippen LogP contribution in [0.25, 0.3) is 0 Å². The number of ether oxygens (including phenoxy) is 1. The van der Waals surface area contributed by atoms with Gasteiger partial charge in [-0.25, -0.2) is 4.98 Å². The van der Waals surface area contributed by atoms with Gasteiger partial charge in [-0.3, -0.25) is 4.79 Å². The number of rotatable bonds is 4. The van der Waals surface area contributed by atoms with Crippen LogP contribution in [-0.2, 0) is 9.53 Å². The maximum Gasteiger partial charge on any atom is 0.227 e. The molecule has 0 aromatic carbocycles. The van der Waals surface area contributed by atoms with Crippen molar-refractivity contribution >= 4 is 29.2 Å². The summed E-state index contributed by atoms with van der Waals surface area (Å²) < 4.78 is 4.98. The monoisotopic (exact) mass is 267 g/mol. The van der Waals surface area contributed by atoms with E-state index >= 15 is 0 Å². The summed E-state index contributed by atoms with van der Waals surface area (Å²) in [4.78, 5) is 18.8. The number of amides is 1. The molecule has 6 heteroatoms. The van der Waals surface area contributed by atoms with E-state index in [0.717, 1.165) is 28.7 Å². The van der Waals surface area contributed by atoms with Gasteiger partial charge in [-0.05, 0) is 6.07 Å². The molecule has 0 unspecified atom stereocenters. The molecule has 0 radical (unpaired) electrons. The zero-order valence-corrected chi connectivity index (χ0v) is 11.4. The van der Waals surface area contributed by atoms with E-state index in [1.807, 2.05) is 6.07 Å². The third-order valence-electron chi connectivity index (χ3n) is 2.77. The molecule has 1 amide bonds. The molecule has 0 saturated heterocycles. The van der Waals surface area contributed by atoms with Crippen molar-refractivity contribution in [2.24, 2.45) is 0 Å². The van der Waals surface area contributed by atoms with Crippen molar-refractivity contribution in [3.8, 4) is 0 Å². The average Bonchev–Trinajstić information content (AvgIpc) is 2.51. The van der Waals surface area contributed by atoms with Crippen LogP contribution in [0.1, 0.15) is 6.42 Å². The Kier molecular flexibility index (Phi) is 4.43. The molecule has 2 rings (SSSR count). The number of aromatic nitrogens is 1. The highest BCUT2D eigenvalue weighted by atomic mass is 32.2. The first-order valence-corrected chi connectivity index (χ1v) is 6.83. The van der Waals surface area contributed by atoms with Gasteiger partial charge in [0, 0.05) is 37.8 Å². The van der Waals surface area contributed by atoms with Gasteiger partial charge in [-0.1, -0.05) is 0 Å². The van der Waals surface area contributed by atoms with Crippen LogP contribution in [0.3, 0.4) is 0 Å². The lowest BCUT2D eigenvalue weighted by Gasteiger charge is -2.17. The number of nitrogens with zero attached hydrogens (tertiary/aromatic N) is 2. The number of hydrogen-bond donors (Lipinski definition) is 1. The van der Waals surface area contributed by atoms with Gasteiger partial charge < -0.3 is 15.0 Å². The fraction of sp³-hybridized carbons (Fsp3) is 0.500.